The lowest BCUT2D eigenvalue weighted by Gasteiger charge is -2.39. The number of hydrogen-bond donors (Lipinski definition) is 0. The Kier molecular flexibility index (Phi) is 2.15. The van der Waals surface area contributed by atoms with Gasteiger partial charge in [-0.3, -0.25) is 0 Å². The topological polar surface area (TPSA) is 38.8 Å². The van der Waals surface area contributed by atoms with Gasteiger partial charge in [-0.15, -0.1) is 0 Å². The zero-order chi connectivity index (χ0) is 11.3. The number of rotatable bonds is 4. The van der Waals surface area contributed by atoms with E-state index in [0.717, 1.165) is 12.8 Å². The van der Waals surface area contributed by atoms with Crippen LogP contribution >= 0.6 is 0 Å². The van der Waals surface area contributed by atoms with Crippen LogP contribution in [0.1, 0.15) is 39.0 Å². The highest BCUT2D eigenvalue weighted by Gasteiger charge is 2.70. The van der Waals surface area contributed by atoms with E-state index in [9.17, 15) is 4.79 Å². The van der Waals surface area contributed by atoms with E-state index in [-0.39, 0.29) is 17.7 Å². The molecule has 0 bridgehead atoms. The van der Waals surface area contributed by atoms with Gasteiger partial charge in [-0.25, -0.2) is 4.79 Å². The van der Waals surface area contributed by atoms with E-state index in [0.29, 0.717) is 17.6 Å². The fraction of sp³-hybridized carbons (Fsp3) is 0.769. The Hall–Kier alpha value is -0.830. The molecule has 2 saturated carbocycles. The molecule has 1 heterocycles. The van der Waals surface area contributed by atoms with Crippen molar-refractivity contribution in [3.63, 3.8) is 0 Å². The molecule has 1 saturated heterocycles. The third-order valence-corrected chi connectivity index (χ3v) is 4.29. The summed E-state index contributed by atoms with van der Waals surface area (Å²) in [6, 6.07) is 0. The Bertz CT molecular complexity index is 341. The highest BCUT2D eigenvalue weighted by Crippen LogP contribution is 2.59. The fourth-order valence-electron chi connectivity index (χ4n) is 2.84. The van der Waals surface area contributed by atoms with Crippen LogP contribution in [0.5, 0.6) is 0 Å². The molecule has 3 atom stereocenters. The van der Waals surface area contributed by atoms with Crippen molar-refractivity contribution in [2.45, 2.75) is 56.8 Å². The standard InChI is InChI=1S/C13H18O3/c1-8(2)12(14)15-11(9-4-3-5-9)13-7-6-10(13)16-13/h9-11H,1,3-7H2,2H3. The van der Waals surface area contributed by atoms with Crippen molar-refractivity contribution >= 4 is 5.97 Å². The van der Waals surface area contributed by atoms with Crippen LogP contribution in [0.3, 0.4) is 0 Å². The van der Waals surface area contributed by atoms with Gasteiger partial charge < -0.3 is 9.47 Å². The van der Waals surface area contributed by atoms with E-state index in [1.165, 1.54) is 19.3 Å². The Morgan fingerprint density at radius 2 is 2.25 bits per heavy atom. The number of esters is 1. The fourth-order valence-corrected chi connectivity index (χ4v) is 2.84. The molecule has 2 aliphatic carbocycles. The van der Waals surface area contributed by atoms with Gasteiger partial charge in [0.15, 0.2) is 0 Å². The van der Waals surface area contributed by atoms with E-state index in [1.54, 1.807) is 6.92 Å². The van der Waals surface area contributed by atoms with Gasteiger partial charge in [-0.05, 0) is 38.5 Å². The van der Waals surface area contributed by atoms with Crippen molar-refractivity contribution < 1.29 is 14.3 Å². The largest absolute Gasteiger partial charge is 0.456 e. The van der Waals surface area contributed by atoms with Gasteiger partial charge in [0, 0.05) is 5.57 Å². The van der Waals surface area contributed by atoms with E-state index in [2.05, 4.69) is 6.58 Å². The number of ether oxygens (including phenoxy) is 2. The minimum absolute atomic E-state index is 0.0100. The van der Waals surface area contributed by atoms with Crippen molar-refractivity contribution in [1.29, 1.82) is 0 Å². The maximum absolute atomic E-state index is 11.6. The Labute approximate surface area is 95.8 Å². The van der Waals surface area contributed by atoms with E-state index < -0.39 is 0 Å². The zero-order valence-corrected chi connectivity index (χ0v) is 9.70. The zero-order valence-electron chi connectivity index (χ0n) is 9.70. The lowest BCUT2D eigenvalue weighted by molar-refractivity contribution is -0.155. The van der Waals surface area contributed by atoms with Crippen LogP contribution in [0.2, 0.25) is 0 Å². The third kappa shape index (κ3) is 1.34. The Morgan fingerprint density at radius 1 is 1.50 bits per heavy atom. The first-order valence-electron chi connectivity index (χ1n) is 6.18. The number of hydrogen-bond acceptors (Lipinski definition) is 3. The lowest BCUT2D eigenvalue weighted by atomic mass is 9.69. The lowest BCUT2D eigenvalue weighted by Crippen LogP contribution is -2.48. The van der Waals surface area contributed by atoms with Crippen LogP contribution in [0.4, 0.5) is 0 Å². The summed E-state index contributed by atoms with van der Waals surface area (Å²) in [7, 11) is 0. The first-order valence-corrected chi connectivity index (χ1v) is 6.18. The van der Waals surface area contributed by atoms with Crippen LogP contribution in [0, 0.1) is 5.92 Å². The first-order chi connectivity index (χ1) is 7.63. The molecular formula is C13H18O3. The molecule has 0 aromatic heterocycles. The van der Waals surface area contributed by atoms with Gasteiger partial charge in [-0.1, -0.05) is 13.0 Å². The molecule has 3 nitrogen and oxygen atoms in total. The van der Waals surface area contributed by atoms with Gasteiger partial charge in [0.05, 0.1) is 6.10 Å². The second kappa shape index (κ2) is 3.33. The molecule has 88 valence electrons. The molecule has 0 N–H and O–H groups in total. The molecule has 0 spiro atoms. The number of epoxide rings is 1. The molecule has 0 amide bonds. The molecular weight excluding hydrogens is 204 g/mol. The summed E-state index contributed by atoms with van der Waals surface area (Å²) >= 11 is 0. The predicted molar refractivity (Wildman–Crippen MR) is 58.9 cm³/mol. The molecule has 16 heavy (non-hydrogen) atoms. The smallest absolute Gasteiger partial charge is 0.333 e. The van der Waals surface area contributed by atoms with Crippen LogP contribution in [-0.4, -0.2) is 23.8 Å². The number of fused-ring (bicyclic) bond motifs is 1. The molecule has 3 heteroatoms. The Morgan fingerprint density at radius 3 is 2.56 bits per heavy atom. The summed E-state index contributed by atoms with van der Waals surface area (Å²) in [6.45, 7) is 5.33. The van der Waals surface area contributed by atoms with Gasteiger partial charge in [0.2, 0.25) is 0 Å². The van der Waals surface area contributed by atoms with E-state index >= 15 is 0 Å². The van der Waals surface area contributed by atoms with Crippen LogP contribution < -0.4 is 0 Å². The summed E-state index contributed by atoms with van der Waals surface area (Å²) in [5.41, 5.74) is 0.396. The van der Waals surface area contributed by atoms with Crippen LogP contribution in [0.25, 0.3) is 0 Å². The molecule has 3 rings (SSSR count). The molecule has 1 aliphatic heterocycles. The molecule has 3 unspecified atom stereocenters. The van der Waals surface area contributed by atoms with Crippen molar-refractivity contribution in [3.05, 3.63) is 12.2 Å². The summed E-state index contributed by atoms with van der Waals surface area (Å²) in [6.07, 6.45) is 6.15. The molecule has 0 aromatic carbocycles. The van der Waals surface area contributed by atoms with Crippen molar-refractivity contribution in [2.75, 3.05) is 0 Å². The first kappa shape index (κ1) is 10.3. The third-order valence-electron chi connectivity index (χ3n) is 4.29. The quantitative estimate of drug-likeness (QED) is 0.416. The minimum Gasteiger partial charge on any atom is -0.456 e. The van der Waals surface area contributed by atoms with Crippen molar-refractivity contribution in [3.8, 4) is 0 Å². The maximum atomic E-state index is 11.6. The predicted octanol–water partition coefficient (Wildman–Crippen LogP) is 2.21. The second-order valence-corrected chi connectivity index (χ2v) is 5.40. The molecule has 3 fully saturated rings. The maximum Gasteiger partial charge on any atom is 0.333 e. The van der Waals surface area contributed by atoms with Gasteiger partial charge in [0.1, 0.15) is 11.7 Å². The second-order valence-electron chi connectivity index (χ2n) is 5.40. The molecule has 0 aromatic rings. The van der Waals surface area contributed by atoms with Gasteiger partial charge >= 0.3 is 5.97 Å². The van der Waals surface area contributed by atoms with Crippen LogP contribution in [0.15, 0.2) is 12.2 Å². The highest BCUT2D eigenvalue weighted by atomic mass is 16.7. The summed E-state index contributed by atoms with van der Waals surface area (Å²) in [5, 5.41) is 0. The normalized spacial score (nSPS) is 37.7. The molecule has 0 radical (unpaired) electrons. The van der Waals surface area contributed by atoms with Gasteiger partial charge in [-0.2, -0.15) is 0 Å². The van der Waals surface area contributed by atoms with Crippen LogP contribution in [-0.2, 0) is 14.3 Å². The van der Waals surface area contributed by atoms with Gasteiger partial charge in [0.25, 0.3) is 0 Å². The average molecular weight is 222 g/mol. The summed E-state index contributed by atoms with van der Waals surface area (Å²) in [4.78, 5) is 11.6. The monoisotopic (exact) mass is 222 g/mol. The summed E-state index contributed by atoms with van der Waals surface area (Å²) in [5.74, 6) is 0.265. The van der Waals surface area contributed by atoms with E-state index in [1.807, 2.05) is 0 Å². The summed E-state index contributed by atoms with van der Waals surface area (Å²) < 4.78 is 11.3. The Balaban J connectivity index is 1.70. The van der Waals surface area contributed by atoms with E-state index in [4.69, 9.17) is 9.47 Å². The highest BCUT2D eigenvalue weighted by molar-refractivity contribution is 5.87. The van der Waals surface area contributed by atoms with Crippen molar-refractivity contribution in [2.24, 2.45) is 5.92 Å². The number of carbonyl (C=O) groups excluding carboxylic acids is 1. The SMILES string of the molecule is C=C(C)C(=O)OC(C1CCC1)C12CCC1O2. The minimum atomic E-state index is -0.257. The van der Waals surface area contributed by atoms with Crippen molar-refractivity contribution in [1.82, 2.24) is 0 Å². The molecule has 3 aliphatic rings. The number of carbonyl (C=O) groups is 1. The average Bonchev–Trinajstić information content (AvgIpc) is 2.65.